The molecule has 53 heavy (non-hydrogen) atoms. The summed E-state index contributed by atoms with van der Waals surface area (Å²) in [5.41, 5.74) is 12.3. The first-order chi connectivity index (χ1) is 25.1. The number of carbonyl (C=O) groups excluding carboxylic acids is 6. The number of rotatable bonds is 20. The molecule has 6 amide bonds. The van der Waals surface area contributed by atoms with Crippen molar-refractivity contribution in [2.75, 3.05) is 13.1 Å². The number of carboxylic acid groups (broad SMARTS) is 2. The van der Waals surface area contributed by atoms with Gasteiger partial charge in [-0.15, -0.1) is 0 Å². The molecule has 3 rings (SSSR count). The van der Waals surface area contributed by atoms with Gasteiger partial charge in [0.05, 0.1) is 12.6 Å². The van der Waals surface area contributed by atoms with E-state index in [9.17, 15) is 48.6 Å². The summed E-state index contributed by atoms with van der Waals surface area (Å²) in [7, 11) is 0. The largest absolute Gasteiger partial charge is 0.508 e. The van der Waals surface area contributed by atoms with Crippen LogP contribution in [0.4, 0.5) is 0 Å². The first-order valence-electron chi connectivity index (χ1n) is 16.9. The molecule has 0 spiro atoms. The van der Waals surface area contributed by atoms with Gasteiger partial charge in [-0.25, -0.2) is 4.79 Å². The van der Waals surface area contributed by atoms with Crippen LogP contribution in [0, 0.1) is 0 Å². The molecule has 1 heterocycles. The molecule has 5 atom stereocenters. The van der Waals surface area contributed by atoms with Gasteiger partial charge in [0.2, 0.25) is 35.4 Å². The molecular weight excluding hydrogens is 694 g/mol. The van der Waals surface area contributed by atoms with Crippen molar-refractivity contribution in [3.05, 3.63) is 65.7 Å². The lowest BCUT2D eigenvalue weighted by Crippen LogP contribution is -2.57. The average Bonchev–Trinajstić information content (AvgIpc) is 3.62. The molecule has 0 saturated carbocycles. The predicted molar refractivity (Wildman–Crippen MR) is 186 cm³/mol. The first kappa shape index (κ1) is 41.4. The summed E-state index contributed by atoms with van der Waals surface area (Å²) in [6.45, 7) is -0.526. The zero-order valence-electron chi connectivity index (χ0n) is 28.9. The van der Waals surface area contributed by atoms with Crippen LogP contribution in [0.15, 0.2) is 54.6 Å². The highest BCUT2D eigenvalue weighted by Crippen LogP contribution is 2.20. The van der Waals surface area contributed by atoms with E-state index in [1.54, 1.807) is 30.3 Å². The quantitative estimate of drug-likeness (QED) is 0.0733. The molecule has 1 fully saturated rings. The summed E-state index contributed by atoms with van der Waals surface area (Å²) in [5.74, 6) is -7.20. The Morgan fingerprint density at radius 3 is 2.00 bits per heavy atom. The van der Waals surface area contributed by atoms with Crippen molar-refractivity contribution in [3.63, 3.8) is 0 Å². The molecule has 1 aliphatic rings. The number of likely N-dealkylation sites (tertiary alicyclic amines) is 1. The van der Waals surface area contributed by atoms with Gasteiger partial charge in [0.25, 0.3) is 0 Å². The number of aliphatic carboxylic acids is 2. The lowest BCUT2D eigenvalue weighted by atomic mass is 10.0. The van der Waals surface area contributed by atoms with Crippen LogP contribution in [0.1, 0.15) is 49.7 Å². The predicted octanol–water partition coefficient (Wildman–Crippen LogP) is -1.72. The Kier molecular flexibility index (Phi) is 15.7. The smallest absolute Gasteiger partial charge is 0.326 e. The maximum atomic E-state index is 13.5. The number of amides is 6. The molecule has 0 bridgehead atoms. The summed E-state index contributed by atoms with van der Waals surface area (Å²) in [6, 6.07) is 8.10. The summed E-state index contributed by atoms with van der Waals surface area (Å²) < 4.78 is 0. The Morgan fingerprint density at radius 1 is 0.755 bits per heavy atom. The normalized spacial score (nSPS) is 15.9. The van der Waals surface area contributed by atoms with Gasteiger partial charge in [0.15, 0.2) is 0 Å². The third-order valence-electron chi connectivity index (χ3n) is 8.49. The number of carbonyl (C=O) groups is 8. The zero-order valence-corrected chi connectivity index (χ0v) is 28.9. The van der Waals surface area contributed by atoms with E-state index in [-0.39, 0.29) is 57.2 Å². The number of nitrogens with one attached hydrogen (secondary N) is 4. The Balaban J connectivity index is 1.73. The molecular formula is C35H45N7O11. The van der Waals surface area contributed by atoms with Gasteiger partial charge in [-0.05, 0) is 48.9 Å². The number of nitrogens with two attached hydrogens (primary N) is 2. The Bertz CT molecular complexity index is 1640. The fraction of sp³-hybridized carbons (Fsp3) is 0.429. The van der Waals surface area contributed by atoms with Crippen molar-refractivity contribution in [3.8, 4) is 5.75 Å². The molecule has 2 aromatic carbocycles. The number of carboxylic acids is 2. The Hall–Kier alpha value is -6.04. The molecule has 11 N–H and O–H groups in total. The van der Waals surface area contributed by atoms with E-state index >= 15 is 0 Å². The number of phenols is 1. The van der Waals surface area contributed by atoms with Gasteiger partial charge in [-0.3, -0.25) is 33.6 Å². The summed E-state index contributed by atoms with van der Waals surface area (Å²) in [4.78, 5) is 102. The van der Waals surface area contributed by atoms with Gasteiger partial charge < -0.3 is 53.0 Å². The van der Waals surface area contributed by atoms with E-state index in [2.05, 4.69) is 21.3 Å². The molecule has 1 aliphatic heterocycles. The molecule has 18 nitrogen and oxygen atoms in total. The number of benzene rings is 2. The second-order valence-corrected chi connectivity index (χ2v) is 12.6. The Labute approximate surface area is 304 Å². The molecule has 286 valence electrons. The fourth-order valence-corrected chi connectivity index (χ4v) is 5.67. The van der Waals surface area contributed by atoms with Crippen molar-refractivity contribution >= 4 is 47.4 Å². The third-order valence-corrected chi connectivity index (χ3v) is 8.49. The van der Waals surface area contributed by atoms with Crippen molar-refractivity contribution in [2.45, 2.75) is 81.6 Å². The zero-order chi connectivity index (χ0) is 39.1. The molecule has 0 radical (unpaired) electrons. The lowest BCUT2D eigenvalue weighted by molar-refractivity contribution is -0.149. The summed E-state index contributed by atoms with van der Waals surface area (Å²) in [5, 5.41) is 38.1. The van der Waals surface area contributed by atoms with E-state index in [0.29, 0.717) is 17.5 Å². The number of primary amides is 1. The maximum absolute atomic E-state index is 13.5. The van der Waals surface area contributed by atoms with Crippen LogP contribution in [0.25, 0.3) is 0 Å². The monoisotopic (exact) mass is 739 g/mol. The summed E-state index contributed by atoms with van der Waals surface area (Å²) >= 11 is 0. The van der Waals surface area contributed by atoms with Crippen LogP contribution in [0.3, 0.4) is 0 Å². The molecule has 0 aromatic heterocycles. The SMILES string of the molecule is NC(=O)CC[C@H](NC(=O)[C@H](Cc1ccccc1)NC(=O)[C@@H](N)CCC(=O)O)C(=O)NCC(=O)N[C@@H](Cc1ccc(O)cc1)C(=O)N1CCC[C@H]1C(=O)O. The summed E-state index contributed by atoms with van der Waals surface area (Å²) in [6.07, 6.45) is -0.643. The first-order valence-corrected chi connectivity index (χ1v) is 16.9. The van der Waals surface area contributed by atoms with Crippen molar-refractivity contribution in [1.82, 2.24) is 26.2 Å². The van der Waals surface area contributed by atoms with Crippen LogP contribution in [0.5, 0.6) is 5.75 Å². The molecule has 1 saturated heterocycles. The minimum Gasteiger partial charge on any atom is -0.508 e. The number of hydrogen-bond acceptors (Lipinski definition) is 10. The van der Waals surface area contributed by atoms with E-state index in [4.69, 9.17) is 16.6 Å². The topological polar surface area (TPSA) is 301 Å². The highest BCUT2D eigenvalue weighted by molar-refractivity contribution is 5.96. The molecule has 0 aliphatic carbocycles. The number of phenolic OH excluding ortho intramolecular Hbond substituents is 1. The van der Waals surface area contributed by atoms with E-state index in [1.807, 2.05) is 0 Å². The van der Waals surface area contributed by atoms with Crippen molar-refractivity contribution in [1.29, 1.82) is 0 Å². The molecule has 2 aromatic rings. The lowest BCUT2D eigenvalue weighted by Gasteiger charge is -2.27. The standard InChI is InChI=1S/C35H45N7O11/c36-23(12-15-30(46)47)31(48)41-25(17-20-5-2-1-3-6-20)33(50)40-24(13-14-28(37)44)32(49)38-19-29(45)39-26(18-21-8-10-22(43)11-9-21)34(51)42-16-4-7-27(42)35(52)53/h1-3,5-6,8-11,23-27,43H,4,7,12-19,36H2,(H2,37,44)(H,38,49)(H,39,45)(H,40,50)(H,41,48)(H,46,47)(H,52,53)/t23-,24-,25-,26-,27-/m0/s1. The van der Waals surface area contributed by atoms with Gasteiger partial charge in [0, 0.05) is 32.2 Å². The fourth-order valence-electron chi connectivity index (χ4n) is 5.67. The van der Waals surface area contributed by atoms with E-state index in [1.165, 1.54) is 29.2 Å². The van der Waals surface area contributed by atoms with Gasteiger partial charge in [-0.2, -0.15) is 0 Å². The van der Waals surface area contributed by atoms with Crippen LogP contribution >= 0.6 is 0 Å². The van der Waals surface area contributed by atoms with Crippen molar-refractivity contribution in [2.24, 2.45) is 11.5 Å². The van der Waals surface area contributed by atoms with E-state index < -0.39 is 84.1 Å². The van der Waals surface area contributed by atoms with Crippen LogP contribution in [-0.2, 0) is 51.2 Å². The van der Waals surface area contributed by atoms with Crippen LogP contribution < -0.4 is 32.7 Å². The highest BCUT2D eigenvalue weighted by Gasteiger charge is 2.38. The second-order valence-electron chi connectivity index (χ2n) is 12.6. The molecule has 0 unspecified atom stereocenters. The molecule has 18 heteroatoms. The minimum absolute atomic E-state index is 0.0279. The third kappa shape index (κ3) is 13.6. The van der Waals surface area contributed by atoms with Gasteiger partial charge >= 0.3 is 11.9 Å². The number of hydrogen-bond donors (Lipinski definition) is 9. The minimum atomic E-state index is -1.42. The number of aromatic hydroxyl groups is 1. The number of nitrogens with zero attached hydrogens (tertiary/aromatic N) is 1. The Morgan fingerprint density at radius 2 is 1.38 bits per heavy atom. The van der Waals surface area contributed by atoms with E-state index in [0.717, 1.165) is 0 Å². The van der Waals surface area contributed by atoms with Crippen molar-refractivity contribution < 1.29 is 53.7 Å². The maximum Gasteiger partial charge on any atom is 0.326 e. The average molecular weight is 740 g/mol. The second kappa shape index (κ2) is 20.1. The van der Waals surface area contributed by atoms with Gasteiger partial charge in [0.1, 0.15) is 29.9 Å². The van der Waals surface area contributed by atoms with Crippen LogP contribution in [-0.4, -0.2) is 111 Å². The van der Waals surface area contributed by atoms with Gasteiger partial charge in [-0.1, -0.05) is 42.5 Å². The van der Waals surface area contributed by atoms with Crippen LogP contribution in [0.2, 0.25) is 0 Å². The highest BCUT2D eigenvalue weighted by atomic mass is 16.4.